The lowest BCUT2D eigenvalue weighted by Gasteiger charge is -2.21. The van der Waals surface area contributed by atoms with Crippen molar-refractivity contribution < 1.29 is 4.79 Å². The number of pyridine rings is 3. The summed E-state index contributed by atoms with van der Waals surface area (Å²) < 4.78 is 0. The Morgan fingerprint density at radius 1 is 0.925 bits per heavy atom. The molecule has 0 unspecified atom stereocenters. The number of benzene rings is 1. The van der Waals surface area contributed by atoms with E-state index in [1.807, 2.05) is 30.3 Å². The lowest BCUT2D eigenvalue weighted by Crippen LogP contribution is -2.30. The quantitative estimate of drug-likeness (QED) is 0.224. The molecule has 5 aromatic heterocycles. The molecule has 6 heterocycles. The van der Waals surface area contributed by atoms with Gasteiger partial charge in [0, 0.05) is 58.0 Å². The van der Waals surface area contributed by atoms with Gasteiger partial charge in [0.25, 0.3) is 0 Å². The van der Waals surface area contributed by atoms with Gasteiger partial charge >= 0.3 is 0 Å². The molecule has 1 saturated heterocycles. The fourth-order valence-electron chi connectivity index (χ4n) is 5.52. The highest BCUT2D eigenvalue weighted by Crippen LogP contribution is 2.34. The van der Waals surface area contributed by atoms with Gasteiger partial charge in [0.15, 0.2) is 5.65 Å². The number of rotatable bonds is 6. The Morgan fingerprint density at radius 3 is 2.70 bits per heavy atom. The van der Waals surface area contributed by atoms with Gasteiger partial charge < -0.3 is 15.6 Å². The fraction of sp³-hybridized carbons (Fsp3) is 0.194. The van der Waals surface area contributed by atoms with Crippen LogP contribution >= 0.6 is 0 Å². The predicted molar refractivity (Wildman–Crippen MR) is 156 cm³/mol. The summed E-state index contributed by atoms with van der Waals surface area (Å²) in [6.07, 6.45) is 9.66. The summed E-state index contributed by atoms with van der Waals surface area (Å²) >= 11 is 0. The number of hydrogen-bond donors (Lipinski definition) is 4. The number of carbonyl (C=O) groups is 1. The van der Waals surface area contributed by atoms with Crippen LogP contribution in [-0.4, -0.2) is 49.1 Å². The van der Waals surface area contributed by atoms with Crippen LogP contribution in [-0.2, 0) is 4.79 Å². The summed E-state index contributed by atoms with van der Waals surface area (Å²) in [4.78, 5) is 29.7. The molecule has 6 aromatic rings. The van der Waals surface area contributed by atoms with E-state index in [4.69, 9.17) is 0 Å². The van der Waals surface area contributed by atoms with E-state index in [1.54, 1.807) is 24.8 Å². The molecular formula is C31H28N8O. The van der Waals surface area contributed by atoms with Crippen LogP contribution in [0.2, 0.25) is 0 Å². The highest BCUT2D eigenvalue weighted by molar-refractivity contribution is 6.00. The molecule has 0 atom stereocenters. The summed E-state index contributed by atoms with van der Waals surface area (Å²) in [7, 11) is 0. The van der Waals surface area contributed by atoms with Gasteiger partial charge in [-0.25, -0.2) is 4.98 Å². The van der Waals surface area contributed by atoms with Crippen LogP contribution in [0, 0.1) is 5.92 Å². The molecule has 1 amide bonds. The van der Waals surface area contributed by atoms with Crippen molar-refractivity contribution in [3.05, 3.63) is 79.4 Å². The van der Waals surface area contributed by atoms with E-state index in [2.05, 4.69) is 65.0 Å². The van der Waals surface area contributed by atoms with E-state index in [0.29, 0.717) is 23.7 Å². The van der Waals surface area contributed by atoms with Crippen molar-refractivity contribution in [1.82, 2.24) is 35.5 Å². The van der Waals surface area contributed by atoms with Gasteiger partial charge in [-0.1, -0.05) is 18.2 Å². The maximum Gasteiger partial charge on any atom is 0.224 e. The van der Waals surface area contributed by atoms with Crippen LogP contribution in [0.5, 0.6) is 0 Å². The summed E-state index contributed by atoms with van der Waals surface area (Å²) in [5, 5.41) is 16.0. The first-order chi connectivity index (χ1) is 19.7. The molecule has 9 heteroatoms. The average molecular weight is 529 g/mol. The number of nitrogens with zero attached hydrogens (tertiary/aromatic N) is 4. The van der Waals surface area contributed by atoms with Crippen molar-refractivity contribution in [2.45, 2.75) is 19.3 Å². The summed E-state index contributed by atoms with van der Waals surface area (Å²) in [5.74, 6) is 0.452. The number of nitrogens with one attached hydrogen (secondary N) is 4. The van der Waals surface area contributed by atoms with E-state index in [9.17, 15) is 4.79 Å². The standard InChI is InChI=1S/C31H28N8O/c40-29(12-19-7-10-32-11-8-19)36-22-13-20(16-33-18-22)21-14-25-30(38-39-31(25)35-17-21)28-15-24-23(4-3-6-27(24)37-28)26-5-1-2-9-34-26/h1-6,9,13-19,32,37H,7-8,10-12H2,(H,36,40)(H,35,38,39). The third-order valence-corrected chi connectivity index (χ3v) is 7.57. The van der Waals surface area contributed by atoms with E-state index in [-0.39, 0.29) is 5.91 Å². The Labute approximate surface area is 230 Å². The van der Waals surface area contributed by atoms with Gasteiger partial charge in [0.05, 0.1) is 29.0 Å². The smallest absolute Gasteiger partial charge is 0.224 e. The van der Waals surface area contributed by atoms with Gasteiger partial charge in [-0.15, -0.1) is 0 Å². The molecule has 1 aliphatic rings. The van der Waals surface area contributed by atoms with Gasteiger partial charge in [-0.2, -0.15) is 5.10 Å². The highest BCUT2D eigenvalue weighted by atomic mass is 16.1. The second kappa shape index (κ2) is 10.3. The van der Waals surface area contributed by atoms with E-state index < -0.39 is 0 Å². The monoisotopic (exact) mass is 528 g/mol. The molecule has 1 fully saturated rings. The van der Waals surface area contributed by atoms with Crippen LogP contribution in [0.15, 0.2) is 79.4 Å². The van der Waals surface area contributed by atoms with Crippen LogP contribution in [0.1, 0.15) is 19.3 Å². The SMILES string of the molecule is O=C(CC1CCNCC1)Nc1cncc(-c2cnc3n[nH]c(-c4cc5c(-c6ccccn6)cccc5[nH]4)c3c2)c1. The molecule has 0 saturated carbocycles. The summed E-state index contributed by atoms with van der Waals surface area (Å²) in [6, 6.07) is 18.2. The number of carbonyl (C=O) groups excluding carboxylic acids is 1. The number of piperidine rings is 1. The Bertz CT molecular complexity index is 1820. The number of aromatic nitrogens is 6. The van der Waals surface area contributed by atoms with Crippen molar-refractivity contribution >= 4 is 33.5 Å². The predicted octanol–water partition coefficient (Wildman–Crippen LogP) is 5.56. The van der Waals surface area contributed by atoms with Crippen molar-refractivity contribution in [2.75, 3.05) is 18.4 Å². The molecule has 198 valence electrons. The Hall–Kier alpha value is -4.89. The Balaban J connectivity index is 1.19. The number of amides is 1. The first kappa shape index (κ1) is 24.2. The number of hydrogen-bond acceptors (Lipinski definition) is 6. The van der Waals surface area contributed by atoms with Crippen molar-refractivity contribution in [2.24, 2.45) is 5.92 Å². The van der Waals surface area contributed by atoms with E-state index in [1.165, 1.54) is 0 Å². The second-order valence-corrected chi connectivity index (χ2v) is 10.3. The fourth-order valence-corrected chi connectivity index (χ4v) is 5.52. The molecule has 0 bridgehead atoms. The van der Waals surface area contributed by atoms with Gasteiger partial charge in [0.1, 0.15) is 0 Å². The molecule has 0 spiro atoms. The minimum atomic E-state index is 0.0282. The molecule has 1 aliphatic heterocycles. The van der Waals surface area contributed by atoms with Crippen molar-refractivity contribution in [3.8, 4) is 33.8 Å². The maximum absolute atomic E-state index is 12.7. The molecule has 0 radical (unpaired) electrons. The number of H-pyrrole nitrogens is 2. The van der Waals surface area contributed by atoms with E-state index >= 15 is 0 Å². The van der Waals surface area contributed by atoms with Gasteiger partial charge in [0.2, 0.25) is 5.91 Å². The topological polar surface area (TPSA) is 124 Å². The molecule has 0 aliphatic carbocycles. The zero-order chi connectivity index (χ0) is 26.9. The molecule has 1 aromatic carbocycles. The highest BCUT2D eigenvalue weighted by Gasteiger charge is 2.18. The molecule has 7 rings (SSSR count). The zero-order valence-corrected chi connectivity index (χ0v) is 21.8. The summed E-state index contributed by atoms with van der Waals surface area (Å²) in [5.41, 5.74) is 7.84. The number of aromatic amines is 2. The third kappa shape index (κ3) is 4.71. The molecular weight excluding hydrogens is 500 g/mol. The van der Waals surface area contributed by atoms with Crippen LogP contribution in [0.3, 0.4) is 0 Å². The second-order valence-electron chi connectivity index (χ2n) is 10.3. The lowest BCUT2D eigenvalue weighted by molar-refractivity contribution is -0.117. The summed E-state index contributed by atoms with van der Waals surface area (Å²) in [6.45, 7) is 1.95. The van der Waals surface area contributed by atoms with Gasteiger partial charge in [-0.05, 0) is 68.2 Å². The Kier molecular flexibility index (Phi) is 6.25. The minimum Gasteiger partial charge on any atom is -0.353 e. The average Bonchev–Trinajstić information content (AvgIpc) is 3.62. The molecule has 40 heavy (non-hydrogen) atoms. The van der Waals surface area contributed by atoms with Crippen LogP contribution in [0.25, 0.3) is 55.7 Å². The number of fused-ring (bicyclic) bond motifs is 2. The van der Waals surface area contributed by atoms with E-state index in [0.717, 1.165) is 76.0 Å². The lowest BCUT2D eigenvalue weighted by atomic mass is 9.94. The number of anilines is 1. The van der Waals surface area contributed by atoms with Crippen LogP contribution in [0.4, 0.5) is 5.69 Å². The van der Waals surface area contributed by atoms with Crippen LogP contribution < -0.4 is 10.6 Å². The normalized spacial score (nSPS) is 14.1. The minimum absolute atomic E-state index is 0.0282. The van der Waals surface area contributed by atoms with Gasteiger partial charge in [-0.3, -0.25) is 19.9 Å². The third-order valence-electron chi connectivity index (χ3n) is 7.57. The molecule has 4 N–H and O–H groups in total. The molecule has 9 nitrogen and oxygen atoms in total. The first-order valence-corrected chi connectivity index (χ1v) is 13.5. The maximum atomic E-state index is 12.7. The zero-order valence-electron chi connectivity index (χ0n) is 21.8. The first-order valence-electron chi connectivity index (χ1n) is 13.5. The largest absolute Gasteiger partial charge is 0.353 e. The Morgan fingerprint density at radius 2 is 1.82 bits per heavy atom. The van der Waals surface area contributed by atoms with Crippen molar-refractivity contribution in [3.63, 3.8) is 0 Å². The van der Waals surface area contributed by atoms with Crippen molar-refractivity contribution in [1.29, 1.82) is 0 Å².